The fourth-order valence-electron chi connectivity index (χ4n) is 0.555. The third-order valence-corrected chi connectivity index (χ3v) is 1.08. The molecule has 0 bridgehead atoms. The Balaban J connectivity index is 4.00. The summed E-state index contributed by atoms with van der Waals surface area (Å²) >= 11 is 8.16. The molecular weight excluding hydrogens is 186 g/mol. The van der Waals surface area contributed by atoms with E-state index in [4.69, 9.17) is 15.1 Å². The second kappa shape index (κ2) is 4.89. The Morgan fingerprint density at radius 2 is 1.82 bits per heavy atom. The highest BCUT2D eigenvalue weighted by atomic mass is 32.1. The van der Waals surface area contributed by atoms with Gasteiger partial charge in [-0.3, -0.25) is 0 Å². The Labute approximate surface area is 76.1 Å². The van der Waals surface area contributed by atoms with E-state index >= 15 is 0 Å². The lowest BCUT2D eigenvalue weighted by Crippen LogP contribution is -2.40. The Kier molecular flexibility index (Phi) is 4.94. The van der Waals surface area contributed by atoms with Gasteiger partial charge in [-0.1, -0.05) is 17.7 Å². The lowest BCUT2D eigenvalue weighted by atomic mass is 10.5. The Morgan fingerprint density at radius 3 is 1.91 bits per heavy atom. The van der Waals surface area contributed by atoms with Crippen LogP contribution in [0.2, 0.25) is 0 Å². The number of thiocarbonyl (C=S) groups is 1. The number of aliphatic hydroxyl groups excluding tert-OH is 2. The first-order valence-electron chi connectivity index (χ1n) is 3.00. The molecule has 0 amide bonds. The molecule has 0 aromatic heterocycles. The van der Waals surface area contributed by atoms with Gasteiger partial charge in [0.05, 0.1) is 0 Å². The number of hydroxylamine groups is 2. The monoisotopic (exact) mass is 197 g/mol. The van der Waals surface area contributed by atoms with E-state index in [0.29, 0.717) is 0 Å². The third kappa shape index (κ3) is 4.54. The van der Waals surface area contributed by atoms with E-state index in [9.17, 15) is 0 Å². The molecule has 2 unspecified atom stereocenters. The molecule has 6 heteroatoms. The van der Waals surface area contributed by atoms with Crippen molar-refractivity contribution in [3.8, 4) is 0 Å². The predicted molar refractivity (Wildman–Crippen MR) is 47.9 cm³/mol. The minimum absolute atomic E-state index is 0.0493. The van der Waals surface area contributed by atoms with Gasteiger partial charge in [0.15, 0.2) is 0 Å². The van der Waals surface area contributed by atoms with Crippen LogP contribution in [0.5, 0.6) is 0 Å². The van der Waals surface area contributed by atoms with Gasteiger partial charge >= 0.3 is 0 Å². The van der Waals surface area contributed by atoms with Crippen LogP contribution in [0.1, 0.15) is 13.8 Å². The predicted octanol–water partition coefficient (Wildman–Crippen LogP) is 0.111. The van der Waals surface area contributed by atoms with Crippen LogP contribution >= 0.6 is 24.8 Å². The first-order valence-corrected chi connectivity index (χ1v) is 3.86. The van der Waals surface area contributed by atoms with Gasteiger partial charge in [0, 0.05) is 0 Å². The van der Waals surface area contributed by atoms with Crippen molar-refractivity contribution in [3.05, 3.63) is 0 Å². The van der Waals surface area contributed by atoms with Gasteiger partial charge in [-0.15, -0.1) is 0 Å². The summed E-state index contributed by atoms with van der Waals surface area (Å²) in [6.07, 6.45) is -1.86. The summed E-state index contributed by atoms with van der Waals surface area (Å²) in [6, 6.07) is 0. The maximum absolute atomic E-state index is 8.98. The van der Waals surface area contributed by atoms with E-state index in [2.05, 4.69) is 24.8 Å². The smallest absolute Gasteiger partial charge is 0.242 e. The number of nitrogens with zero attached hydrogens (tertiary/aromatic N) is 1. The molecule has 0 saturated heterocycles. The Hall–Kier alpha value is 0.120. The van der Waals surface area contributed by atoms with Gasteiger partial charge in [0.1, 0.15) is 12.5 Å². The van der Waals surface area contributed by atoms with Crippen molar-refractivity contribution in [3.63, 3.8) is 0 Å². The number of hydrogen-bond acceptors (Lipinski definition) is 5. The normalized spacial score (nSPS) is 16.2. The van der Waals surface area contributed by atoms with Crippen molar-refractivity contribution in [2.24, 2.45) is 0 Å². The molecule has 0 aromatic carbocycles. The van der Waals surface area contributed by atoms with Crippen molar-refractivity contribution in [2.75, 3.05) is 0 Å². The molecule has 0 aliphatic heterocycles. The number of hydrogen-bond donors (Lipinski definition) is 3. The average molecular weight is 197 g/mol. The molecule has 0 radical (unpaired) electrons. The topological polar surface area (TPSA) is 52.9 Å². The van der Waals surface area contributed by atoms with Crippen molar-refractivity contribution < 1.29 is 15.1 Å². The maximum atomic E-state index is 8.98. The van der Waals surface area contributed by atoms with Crippen molar-refractivity contribution in [2.45, 2.75) is 26.3 Å². The lowest BCUT2D eigenvalue weighted by molar-refractivity contribution is -0.241. The summed E-state index contributed by atoms with van der Waals surface area (Å²) in [5.41, 5.74) is 0. The van der Waals surface area contributed by atoms with Crippen LogP contribution in [0.15, 0.2) is 0 Å². The third-order valence-electron chi connectivity index (χ3n) is 0.920. The second-order valence-corrected chi connectivity index (χ2v) is 3.06. The molecule has 0 spiro atoms. The Bertz CT molecular complexity index is 132. The van der Waals surface area contributed by atoms with E-state index in [1.54, 1.807) is 0 Å². The quantitative estimate of drug-likeness (QED) is 0.259. The molecule has 0 aliphatic rings. The van der Waals surface area contributed by atoms with Crippen LogP contribution in [0.3, 0.4) is 0 Å². The first-order chi connectivity index (χ1) is 4.95. The van der Waals surface area contributed by atoms with Crippen LogP contribution in [0, 0.1) is 0 Å². The van der Waals surface area contributed by atoms with Crippen molar-refractivity contribution in [1.29, 1.82) is 0 Å². The summed E-state index contributed by atoms with van der Waals surface area (Å²) in [5, 5.41) is 18.9. The van der Waals surface area contributed by atoms with E-state index in [1.807, 2.05) is 0 Å². The van der Waals surface area contributed by atoms with E-state index < -0.39 is 12.5 Å². The largest absolute Gasteiger partial charge is 0.382 e. The van der Waals surface area contributed by atoms with Crippen LogP contribution in [-0.2, 0) is 4.84 Å². The minimum Gasteiger partial charge on any atom is -0.382 e. The fourth-order valence-corrected chi connectivity index (χ4v) is 0.735. The van der Waals surface area contributed by atoms with Gasteiger partial charge in [-0.25, -0.2) is 0 Å². The van der Waals surface area contributed by atoms with Crippen molar-refractivity contribution in [1.82, 2.24) is 5.06 Å². The zero-order valence-electron chi connectivity index (χ0n) is 6.26. The molecule has 4 nitrogen and oxygen atoms in total. The highest BCUT2D eigenvalue weighted by Crippen LogP contribution is 2.04. The molecule has 0 aliphatic carbocycles. The van der Waals surface area contributed by atoms with Gasteiger partial charge in [0.25, 0.3) is 0 Å². The van der Waals surface area contributed by atoms with Gasteiger partial charge in [-0.2, -0.15) is 0 Å². The summed E-state index contributed by atoms with van der Waals surface area (Å²) in [4.78, 5) is 4.70. The highest BCUT2D eigenvalue weighted by Gasteiger charge is 2.18. The van der Waals surface area contributed by atoms with Crippen LogP contribution in [0.25, 0.3) is 0 Å². The lowest BCUT2D eigenvalue weighted by Gasteiger charge is -2.25. The maximum Gasteiger partial charge on any atom is 0.242 e. The van der Waals surface area contributed by atoms with E-state index in [1.165, 1.54) is 13.8 Å². The summed E-state index contributed by atoms with van der Waals surface area (Å²) in [6.45, 7) is 2.89. The molecule has 0 rings (SSSR count). The number of rotatable bonds is 3. The summed E-state index contributed by atoms with van der Waals surface area (Å²) in [7, 11) is 0. The van der Waals surface area contributed by atoms with Gasteiger partial charge in [-0.05, 0) is 26.1 Å². The summed E-state index contributed by atoms with van der Waals surface area (Å²) < 4.78 is -0.0493. The molecule has 2 atom stereocenters. The zero-order chi connectivity index (χ0) is 9.02. The average Bonchev–Trinajstić information content (AvgIpc) is 1.81. The Morgan fingerprint density at radius 1 is 1.45 bits per heavy atom. The molecule has 11 heavy (non-hydrogen) atoms. The minimum atomic E-state index is -0.930. The zero-order valence-corrected chi connectivity index (χ0v) is 7.97. The molecule has 0 fully saturated rings. The molecule has 0 aromatic rings. The molecule has 0 saturated carbocycles. The van der Waals surface area contributed by atoms with Crippen LogP contribution < -0.4 is 0 Å². The molecule has 2 N–H and O–H groups in total. The van der Waals surface area contributed by atoms with Crippen LogP contribution in [0.4, 0.5) is 0 Å². The van der Waals surface area contributed by atoms with E-state index in [-0.39, 0.29) is 4.38 Å². The molecule has 0 heterocycles. The molecular formula is C5H11NO3S2. The number of thiol groups is 1. The van der Waals surface area contributed by atoms with Crippen molar-refractivity contribution >= 4 is 29.2 Å². The van der Waals surface area contributed by atoms with Crippen LogP contribution in [-0.4, -0.2) is 32.1 Å². The summed E-state index contributed by atoms with van der Waals surface area (Å²) in [5.74, 6) is 0. The second-order valence-electron chi connectivity index (χ2n) is 1.98. The van der Waals surface area contributed by atoms with Gasteiger partial charge < -0.3 is 15.1 Å². The highest BCUT2D eigenvalue weighted by molar-refractivity contribution is 8.10. The first kappa shape index (κ1) is 11.1. The van der Waals surface area contributed by atoms with Gasteiger partial charge in [0.2, 0.25) is 4.38 Å². The fraction of sp³-hybridized carbons (Fsp3) is 0.800. The standard InChI is InChI=1S/C5H11NO3S2/c1-3(7)6(4(2)8)9-5(10)11/h3-4,7-8H,1-2H3,(H,10,11). The SMILES string of the molecule is CC(O)N(OC(=S)S)C(C)O. The molecule has 66 valence electrons. The number of aliphatic hydroxyl groups is 2. The van der Waals surface area contributed by atoms with E-state index in [0.717, 1.165) is 5.06 Å².